The number of rotatable bonds is 7. The van der Waals surface area contributed by atoms with E-state index in [-0.39, 0.29) is 24.0 Å². The molecule has 0 saturated carbocycles. The number of guanidine groups is 1. The van der Waals surface area contributed by atoms with Crippen LogP contribution in [0, 0.1) is 6.92 Å². The summed E-state index contributed by atoms with van der Waals surface area (Å²) in [5.41, 5.74) is 3.80. The summed E-state index contributed by atoms with van der Waals surface area (Å²) >= 11 is 2.04. The maximum atomic E-state index is 5.74. The summed E-state index contributed by atoms with van der Waals surface area (Å²) in [5, 5.41) is 6.64. The van der Waals surface area contributed by atoms with Crippen molar-refractivity contribution in [3.8, 4) is 5.75 Å². The molecule has 1 heterocycles. The topological polar surface area (TPSA) is 48.9 Å². The van der Waals surface area contributed by atoms with E-state index >= 15 is 0 Å². The van der Waals surface area contributed by atoms with Gasteiger partial charge in [-0.3, -0.25) is 4.99 Å². The van der Waals surface area contributed by atoms with Gasteiger partial charge in [-0.1, -0.05) is 29.8 Å². The van der Waals surface area contributed by atoms with E-state index in [1.54, 1.807) is 7.05 Å². The maximum Gasteiger partial charge on any atom is 0.191 e. The lowest BCUT2D eigenvalue weighted by Crippen LogP contribution is -2.38. The minimum atomic E-state index is 0. The van der Waals surface area contributed by atoms with Gasteiger partial charge in [-0.25, -0.2) is 0 Å². The zero-order chi connectivity index (χ0) is 19.6. The maximum absolute atomic E-state index is 5.74. The van der Waals surface area contributed by atoms with Crippen LogP contribution in [0.3, 0.4) is 0 Å². The Hall–Kier alpha value is -1.61. The van der Waals surface area contributed by atoms with Crippen molar-refractivity contribution in [3.05, 3.63) is 59.7 Å². The lowest BCUT2D eigenvalue weighted by molar-refractivity contribution is 0.322. The Kier molecular flexibility index (Phi) is 10.5. The third kappa shape index (κ3) is 7.97. The van der Waals surface area contributed by atoms with Crippen molar-refractivity contribution in [2.45, 2.75) is 13.5 Å². The zero-order valence-electron chi connectivity index (χ0n) is 17.2. The predicted octanol–water partition coefficient (Wildman–Crippen LogP) is 3.91. The number of halogens is 1. The molecule has 0 radical (unpaired) electrons. The highest BCUT2D eigenvalue weighted by Crippen LogP contribution is 2.19. The first kappa shape index (κ1) is 23.7. The number of hydrogen-bond acceptors (Lipinski definition) is 4. The minimum Gasteiger partial charge on any atom is -0.492 e. The molecule has 1 aliphatic rings. The van der Waals surface area contributed by atoms with Gasteiger partial charge in [0.25, 0.3) is 0 Å². The molecule has 29 heavy (non-hydrogen) atoms. The van der Waals surface area contributed by atoms with Crippen LogP contribution >= 0.6 is 35.7 Å². The van der Waals surface area contributed by atoms with Crippen molar-refractivity contribution < 1.29 is 4.74 Å². The molecule has 0 unspecified atom stereocenters. The lowest BCUT2D eigenvalue weighted by Gasteiger charge is -2.28. The van der Waals surface area contributed by atoms with Crippen LogP contribution in [0.4, 0.5) is 5.69 Å². The Bertz CT molecular complexity index is 746. The summed E-state index contributed by atoms with van der Waals surface area (Å²) in [7, 11) is 1.79. The average Bonchev–Trinajstić information content (AvgIpc) is 2.75. The summed E-state index contributed by atoms with van der Waals surface area (Å²) in [6, 6.07) is 16.9. The first-order valence-corrected chi connectivity index (χ1v) is 11.0. The van der Waals surface area contributed by atoms with Gasteiger partial charge in [0, 0.05) is 43.9 Å². The van der Waals surface area contributed by atoms with E-state index in [2.05, 4.69) is 63.8 Å². The van der Waals surface area contributed by atoms with Gasteiger partial charge >= 0.3 is 0 Å². The molecule has 0 bridgehead atoms. The number of nitrogens with zero attached hydrogens (tertiary/aromatic N) is 2. The van der Waals surface area contributed by atoms with Crippen molar-refractivity contribution >= 4 is 47.4 Å². The summed E-state index contributed by atoms with van der Waals surface area (Å²) in [6.07, 6.45) is 0. The second-order valence-electron chi connectivity index (χ2n) is 6.78. The van der Waals surface area contributed by atoms with Gasteiger partial charge in [0.05, 0.1) is 6.54 Å². The molecule has 158 valence electrons. The molecule has 1 fully saturated rings. The molecule has 5 nitrogen and oxygen atoms in total. The van der Waals surface area contributed by atoms with Gasteiger partial charge < -0.3 is 20.3 Å². The van der Waals surface area contributed by atoms with E-state index in [4.69, 9.17) is 4.74 Å². The van der Waals surface area contributed by atoms with E-state index in [0.29, 0.717) is 13.2 Å². The van der Waals surface area contributed by atoms with Crippen LogP contribution in [-0.4, -0.2) is 50.8 Å². The number of benzene rings is 2. The number of nitrogens with one attached hydrogen (secondary N) is 2. The minimum absolute atomic E-state index is 0. The summed E-state index contributed by atoms with van der Waals surface area (Å²) in [4.78, 5) is 6.74. The lowest BCUT2D eigenvalue weighted by atomic mass is 10.2. The monoisotopic (exact) mass is 526 g/mol. The molecule has 0 aliphatic carbocycles. The fourth-order valence-corrected chi connectivity index (χ4v) is 3.93. The normalized spacial score (nSPS) is 14.1. The highest BCUT2D eigenvalue weighted by Gasteiger charge is 2.10. The molecule has 3 rings (SSSR count). The van der Waals surface area contributed by atoms with Crippen LogP contribution in [0.5, 0.6) is 5.75 Å². The van der Waals surface area contributed by atoms with E-state index in [9.17, 15) is 0 Å². The highest BCUT2D eigenvalue weighted by molar-refractivity contribution is 14.0. The number of aliphatic imine (C=N–C) groups is 1. The Labute approximate surface area is 195 Å². The first-order chi connectivity index (χ1) is 13.7. The van der Waals surface area contributed by atoms with Crippen molar-refractivity contribution in [1.82, 2.24) is 10.6 Å². The number of hydrogen-bond donors (Lipinski definition) is 2. The summed E-state index contributed by atoms with van der Waals surface area (Å²) in [5.74, 6) is 4.12. The zero-order valence-corrected chi connectivity index (χ0v) is 20.3. The Morgan fingerprint density at radius 2 is 1.72 bits per heavy atom. The third-order valence-corrected chi connectivity index (χ3v) is 5.62. The quantitative estimate of drug-likeness (QED) is 0.248. The van der Waals surface area contributed by atoms with Crippen LogP contribution in [0.2, 0.25) is 0 Å². The van der Waals surface area contributed by atoms with E-state index in [1.807, 2.05) is 23.9 Å². The van der Waals surface area contributed by atoms with Gasteiger partial charge in [0.1, 0.15) is 12.4 Å². The predicted molar refractivity (Wildman–Crippen MR) is 136 cm³/mol. The van der Waals surface area contributed by atoms with E-state index < -0.39 is 0 Å². The van der Waals surface area contributed by atoms with Crippen LogP contribution in [0.15, 0.2) is 53.5 Å². The van der Waals surface area contributed by atoms with Crippen LogP contribution in [0.1, 0.15) is 11.1 Å². The van der Waals surface area contributed by atoms with Crippen LogP contribution in [0.25, 0.3) is 0 Å². The highest BCUT2D eigenvalue weighted by atomic mass is 127. The van der Waals surface area contributed by atoms with E-state index in [1.165, 1.54) is 28.3 Å². The Balaban J connectivity index is 0.00000300. The van der Waals surface area contributed by atoms with Crippen molar-refractivity contribution in [2.75, 3.05) is 49.7 Å². The van der Waals surface area contributed by atoms with Crippen molar-refractivity contribution in [1.29, 1.82) is 0 Å². The SMILES string of the molecule is CN=C(NCCOc1ccc(C)cc1)NCc1ccc(N2CCSCC2)cc1.I. The second-order valence-corrected chi connectivity index (χ2v) is 8.00. The fourth-order valence-electron chi connectivity index (χ4n) is 3.03. The molecule has 0 atom stereocenters. The number of anilines is 1. The third-order valence-electron chi connectivity index (χ3n) is 4.68. The number of ether oxygens (including phenoxy) is 1. The van der Waals surface area contributed by atoms with Crippen molar-refractivity contribution in [3.63, 3.8) is 0 Å². The molecule has 2 aromatic rings. The van der Waals surface area contributed by atoms with Crippen LogP contribution < -0.4 is 20.3 Å². The summed E-state index contributed by atoms with van der Waals surface area (Å²) in [6.45, 7) is 6.38. The molecule has 2 aromatic carbocycles. The van der Waals surface area contributed by atoms with Crippen LogP contribution in [-0.2, 0) is 6.54 Å². The largest absolute Gasteiger partial charge is 0.492 e. The molecule has 0 spiro atoms. The van der Waals surface area contributed by atoms with Gasteiger partial charge in [0.15, 0.2) is 5.96 Å². The average molecular weight is 526 g/mol. The van der Waals surface area contributed by atoms with Gasteiger partial charge in [-0.15, -0.1) is 24.0 Å². The Morgan fingerprint density at radius 3 is 2.38 bits per heavy atom. The molecule has 0 aromatic heterocycles. The Morgan fingerprint density at radius 1 is 1.03 bits per heavy atom. The van der Waals surface area contributed by atoms with E-state index in [0.717, 1.165) is 31.3 Å². The van der Waals surface area contributed by atoms with Gasteiger partial charge in [-0.2, -0.15) is 11.8 Å². The second kappa shape index (κ2) is 12.8. The molecular formula is C22H31IN4OS. The van der Waals surface area contributed by atoms with Gasteiger partial charge in [0.2, 0.25) is 0 Å². The standard InChI is InChI=1S/C22H30N4OS.HI/c1-18-3-9-21(10-4-18)27-14-11-24-22(23-2)25-17-19-5-7-20(8-6-19)26-12-15-28-16-13-26;/h3-10H,11-17H2,1-2H3,(H2,23,24,25);1H. The number of aryl methyl sites for hydroxylation is 1. The molecule has 2 N–H and O–H groups in total. The molecule has 0 amide bonds. The molecular weight excluding hydrogens is 495 g/mol. The molecule has 1 aliphatic heterocycles. The molecule has 7 heteroatoms. The van der Waals surface area contributed by atoms with Crippen molar-refractivity contribution in [2.24, 2.45) is 4.99 Å². The number of thioether (sulfide) groups is 1. The fraction of sp³-hybridized carbons (Fsp3) is 0.409. The molecule has 1 saturated heterocycles. The first-order valence-electron chi connectivity index (χ1n) is 9.80. The smallest absolute Gasteiger partial charge is 0.191 e. The van der Waals surface area contributed by atoms with Gasteiger partial charge in [-0.05, 0) is 36.8 Å². The summed E-state index contributed by atoms with van der Waals surface area (Å²) < 4.78 is 5.74.